The highest BCUT2D eigenvalue weighted by molar-refractivity contribution is 8.00. The molecule has 0 aliphatic carbocycles. The van der Waals surface area contributed by atoms with Crippen molar-refractivity contribution in [1.29, 1.82) is 0 Å². The second kappa shape index (κ2) is 5.60. The maximum Gasteiger partial charge on any atom is 0.164 e. The molecule has 1 aromatic carbocycles. The zero-order valence-electron chi connectivity index (χ0n) is 10.7. The van der Waals surface area contributed by atoms with Crippen LogP contribution in [0.5, 0.6) is 5.75 Å². The number of sulfone groups is 1. The van der Waals surface area contributed by atoms with Crippen molar-refractivity contribution < 1.29 is 13.5 Å². The van der Waals surface area contributed by atoms with Gasteiger partial charge in [0.25, 0.3) is 0 Å². The number of phenolic OH excluding ortho intramolecular Hbond substituents is 1. The maximum atomic E-state index is 11.8. The molecule has 7 heteroatoms. The van der Waals surface area contributed by atoms with Gasteiger partial charge in [0.05, 0.1) is 0 Å². The van der Waals surface area contributed by atoms with Gasteiger partial charge in [-0.2, -0.15) is 11.8 Å². The molecular weight excluding hydrogens is 284 g/mol. The van der Waals surface area contributed by atoms with E-state index in [0.29, 0.717) is 30.1 Å². The number of nitrogens with two attached hydrogens (primary N) is 1. The molecule has 1 unspecified atom stereocenters. The number of phenols is 1. The molecule has 0 bridgehead atoms. The number of hydrogen-bond donors (Lipinski definition) is 2. The lowest BCUT2D eigenvalue weighted by Crippen LogP contribution is -2.46. The minimum atomic E-state index is -3.13. The van der Waals surface area contributed by atoms with Gasteiger partial charge in [-0.05, 0) is 18.2 Å². The molecular formula is C12H18N2O3S2. The molecule has 5 nitrogen and oxygen atoms in total. The first-order chi connectivity index (χ1) is 8.88. The van der Waals surface area contributed by atoms with Crippen LogP contribution in [0.2, 0.25) is 0 Å². The topological polar surface area (TPSA) is 83.6 Å². The Balaban J connectivity index is 2.22. The SMILES string of the molecule is CS(=O)(=O)C1CSCCN1Cc1cc(N)ccc1O. The summed E-state index contributed by atoms with van der Waals surface area (Å²) in [4.78, 5) is 1.89. The van der Waals surface area contributed by atoms with E-state index in [1.54, 1.807) is 30.0 Å². The van der Waals surface area contributed by atoms with E-state index in [2.05, 4.69) is 0 Å². The highest BCUT2D eigenvalue weighted by Crippen LogP contribution is 2.26. The molecule has 0 aromatic heterocycles. The molecule has 0 amide bonds. The van der Waals surface area contributed by atoms with Crippen molar-refractivity contribution in [2.45, 2.75) is 11.9 Å². The highest BCUT2D eigenvalue weighted by atomic mass is 32.2. The van der Waals surface area contributed by atoms with Crippen molar-refractivity contribution in [3.05, 3.63) is 23.8 Å². The summed E-state index contributed by atoms with van der Waals surface area (Å²) in [5.74, 6) is 1.62. The smallest absolute Gasteiger partial charge is 0.164 e. The molecule has 0 saturated carbocycles. The van der Waals surface area contributed by atoms with Gasteiger partial charge < -0.3 is 10.8 Å². The fourth-order valence-electron chi connectivity index (χ4n) is 2.14. The second-order valence-corrected chi connectivity index (χ2v) is 8.07. The van der Waals surface area contributed by atoms with Gasteiger partial charge in [-0.3, -0.25) is 4.90 Å². The van der Waals surface area contributed by atoms with Crippen molar-refractivity contribution in [1.82, 2.24) is 4.90 Å². The Hall–Kier alpha value is -0.920. The molecule has 1 aliphatic heterocycles. The number of anilines is 1. The third-order valence-corrected chi connectivity index (χ3v) is 5.85. The molecule has 0 spiro atoms. The van der Waals surface area contributed by atoms with Crippen molar-refractivity contribution in [3.63, 3.8) is 0 Å². The Morgan fingerprint density at radius 3 is 2.95 bits per heavy atom. The molecule has 1 fully saturated rings. The molecule has 106 valence electrons. The van der Waals surface area contributed by atoms with E-state index in [1.807, 2.05) is 4.90 Å². The summed E-state index contributed by atoms with van der Waals surface area (Å²) in [7, 11) is -3.13. The summed E-state index contributed by atoms with van der Waals surface area (Å²) < 4.78 is 23.6. The van der Waals surface area contributed by atoms with Gasteiger partial charge in [-0.25, -0.2) is 8.42 Å². The summed E-state index contributed by atoms with van der Waals surface area (Å²) >= 11 is 1.64. The summed E-state index contributed by atoms with van der Waals surface area (Å²) in [6, 6.07) is 4.86. The summed E-state index contributed by atoms with van der Waals surface area (Å²) in [6.07, 6.45) is 1.26. The Labute approximate surface area is 117 Å². The maximum absolute atomic E-state index is 11.8. The third-order valence-electron chi connectivity index (χ3n) is 3.16. The van der Waals surface area contributed by atoms with Crippen molar-refractivity contribution in [3.8, 4) is 5.75 Å². The Morgan fingerprint density at radius 1 is 1.53 bits per heavy atom. The normalized spacial score (nSPS) is 21.4. The fourth-order valence-corrected chi connectivity index (χ4v) is 5.08. The predicted octanol–water partition coefficient (Wildman–Crippen LogP) is 0.894. The summed E-state index contributed by atoms with van der Waals surface area (Å²) in [6.45, 7) is 1.09. The van der Waals surface area contributed by atoms with Crippen LogP contribution in [0, 0.1) is 0 Å². The van der Waals surface area contributed by atoms with Crippen LogP contribution < -0.4 is 5.73 Å². The molecule has 1 saturated heterocycles. The molecule has 1 heterocycles. The first kappa shape index (κ1) is 14.5. The van der Waals surface area contributed by atoms with E-state index in [9.17, 15) is 13.5 Å². The summed E-state index contributed by atoms with van der Waals surface area (Å²) in [5.41, 5.74) is 6.93. The van der Waals surface area contributed by atoms with Gasteiger partial charge in [0, 0.05) is 42.1 Å². The molecule has 19 heavy (non-hydrogen) atoms. The van der Waals surface area contributed by atoms with Gasteiger partial charge in [-0.15, -0.1) is 0 Å². The first-order valence-corrected chi connectivity index (χ1v) is 9.07. The number of hydrogen-bond acceptors (Lipinski definition) is 6. The van der Waals surface area contributed by atoms with E-state index >= 15 is 0 Å². The molecule has 3 N–H and O–H groups in total. The second-order valence-electron chi connectivity index (χ2n) is 4.72. The lowest BCUT2D eigenvalue weighted by molar-refractivity contribution is 0.258. The number of nitrogens with zero attached hydrogens (tertiary/aromatic N) is 1. The van der Waals surface area contributed by atoms with Crippen LogP contribution in [0.25, 0.3) is 0 Å². The number of aromatic hydroxyl groups is 1. The molecule has 0 radical (unpaired) electrons. The van der Waals surface area contributed by atoms with E-state index < -0.39 is 15.2 Å². The van der Waals surface area contributed by atoms with E-state index in [-0.39, 0.29) is 5.75 Å². The minimum absolute atomic E-state index is 0.152. The van der Waals surface area contributed by atoms with Crippen molar-refractivity contribution >= 4 is 27.3 Å². The third kappa shape index (κ3) is 3.55. The molecule has 1 atom stereocenters. The van der Waals surface area contributed by atoms with Gasteiger partial charge in [0.2, 0.25) is 0 Å². The van der Waals surface area contributed by atoms with Gasteiger partial charge in [0.15, 0.2) is 9.84 Å². The van der Waals surface area contributed by atoms with Gasteiger partial charge >= 0.3 is 0 Å². The molecule has 1 aromatic rings. The van der Waals surface area contributed by atoms with Crippen molar-refractivity contribution in [2.24, 2.45) is 0 Å². The molecule has 2 rings (SSSR count). The number of rotatable bonds is 3. The largest absolute Gasteiger partial charge is 0.508 e. The zero-order valence-corrected chi connectivity index (χ0v) is 12.4. The Bertz CT molecular complexity index is 560. The van der Waals surface area contributed by atoms with Gasteiger partial charge in [0.1, 0.15) is 11.1 Å². The lowest BCUT2D eigenvalue weighted by Gasteiger charge is -2.34. The molecule has 1 aliphatic rings. The average molecular weight is 302 g/mol. The summed E-state index contributed by atoms with van der Waals surface area (Å²) in [5, 5.41) is 9.32. The van der Waals surface area contributed by atoms with Crippen LogP contribution >= 0.6 is 11.8 Å². The van der Waals surface area contributed by atoms with E-state index in [0.717, 1.165) is 5.75 Å². The minimum Gasteiger partial charge on any atom is -0.508 e. The number of thioether (sulfide) groups is 1. The van der Waals surface area contributed by atoms with Crippen LogP contribution in [0.15, 0.2) is 18.2 Å². The number of nitrogen functional groups attached to an aromatic ring is 1. The van der Waals surface area contributed by atoms with Crippen LogP contribution in [0.4, 0.5) is 5.69 Å². The van der Waals surface area contributed by atoms with Crippen LogP contribution in [-0.4, -0.2) is 48.1 Å². The van der Waals surface area contributed by atoms with Crippen LogP contribution in [0.3, 0.4) is 0 Å². The Morgan fingerprint density at radius 2 is 2.26 bits per heavy atom. The first-order valence-electron chi connectivity index (χ1n) is 5.96. The van der Waals surface area contributed by atoms with Crippen molar-refractivity contribution in [2.75, 3.05) is 30.0 Å². The van der Waals surface area contributed by atoms with Gasteiger partial charge in [-0.1, -0.05) is 0 Å². The standard InChI is InChI=1S/C12H18N2O3S2/c1-19(16,17)12-8-18-5-4-14(12)7-9-6-10(13)2-3-11(9)15/h2-3,6,12,15H,4-5,7-8,13H2,1H3. The van der Waals surface area contributed by atoms with Crippen LogP contribution in [0.1, 0.15) is 5.56 Å². The quantitative estimate of drug-likeness (QED) is 0.637. The lowest BCUT2D eigenvalue weighted by atomic mass is 10.1. The van der Waals surface area contributed by atoms with Crippen LogP contribution in [-0.2, 0) is 16.4 Å². The zero-order chi connectivity index (χ0) is 14.0. The Kier molecular flexibility index (Phi) is 4.27. The number of benzene rings is 1. The monoisotopic (exact) mass is 302 g/mol. The fraction of sp³-hybridized carbons (Fsp3) is 0.500. The van der Waals surface area contributed by atoms with E-state index in [4.69, 9.17) is 5.73 Å². The highest BCUT2D eigenvalue weighted by Gasteiger charge is 2.31. The average Bonchev–Trinajstić information content (AvgIpc) is 2.33. The predicted molar refractivity (Wildman–Crippen MR) is 78.9 cm³/mol. The van der Waals surface area contributed by atoms with E-state index in [1.165, 1.54) is 6.26 Å².